The van der Waals surface area contributed by atoms with Crippen molar-refractivity contribution in [2.45, 2.75) is 5.75 Å². The number of aromatic nitrogens is 2. The molecule has 2 aromatic heterocycles. The summed E-state index contributed by atoms with van der Waals surface area (Å²) in [6, 6.07) is 15.1. The normalized spacial score (nSPS) is 10.3. The van der Waals surface area contributed by atoms with Crippen molar-refractivity contribution in [1.82, 2.24) is 9.78 Å². The number of nitrogens with one attached hydrogen (secondary N) is 1. The summed E-state index contributed by atoms with van der Waals surface area (Å²) in [4.78, 5) is 12.2. The second-order valence-electron chi connectivity index (χ2n) is 4.89. The summed E-state index contributed by atoms with van der Waals surface area (Å²) in [6.45, 7) is 0. The van der Waals surface area contributed by atoms with Gasteiger partial charge in [0.1, 0.15) is 17.4 Å². The minimum absolute atomic E-state index is 0.194. The second-order valence-corrected chi connectivity index (χ2v) is 5.87. The highest BCUT2D eigenvalue weighted by Gasteiger charge is 2.15. The van der Waals surface area contributed by atoms with E-state index in [4.69, 9.17) is 4.42 Å². The van der Waals surface area contributed by atoms with E-state index in [0.29, 0.717) is 17.1 Å². The zero-order valence-corrected chi connectivity index (χ0v) is 13.5. The predicted molar refractivity (Wildman–Crippen MR) is 91.8 cm³/mol. The lowest BCUT2D eigenvalue weighted by atomic mass is 10.3. The molecule has 0 spiro atoms. The van der Waals surface area contributed by atoms with Crippen molar-refractivity contribution in [3.05, 3.63) is 66.2 Å². The number of anilines is 1. The number of carbonyl (C=O) groups is 1. The van der Waals surface area contributed by atoms with Gasteiger partial charge in [-0.1, -0.05) is 18.2 Å². The van der Waals surface area contributed by atoms with E-state index in [-0.39, 0.29) is 11.7 Å². The van der Waals surface area contributed by atoms with Crippen molar-refractivity contribution in [3.8, 4) is 11.8 Å². The molecule has 0 radical (unpaired) electrons. The van der Waals surface area contributed by atoms with Gasteiger partial charge in [0.2, 0.25) is 5.91 Å². The Morgan fingerprint density at radius 1 is 1.29 bits per heavy atom. The third-order valence-corrected chi connectivity index (χ3v) is 4.16. The zero-order chi connectivity index (χ0) is 16.8. The first-order valence-electron chi connectivity index (χ1n) is 7.21. The van der Waals surface area contributed by atoms with Crippen LogP contribution in [0.25, 0.3) is 5.69 Å². The van der Waals surface area contributed by atoms with Crippen molar-refractivity contribution < 1.29 is 9.21 Å². The summed E-state index contributed by atoms with van der Waals surface area (Å²) < 4.78 is 6.77. The number of hydrogen-bond acceptors (Lipinski definition) is 5. The molecule has 1 N–H and O–H groups in total. The van der Waals surface area contributed by atoms with Crippen molar-refractivity contribution in [3.63, 3.8) is 0 Å². The Balaban J connectivity index is 1.68. The molecule has 120 valence electrons. The number of hydrogen-bond donors (Lipinski definition) is 1. The van der Waals surface area contributed by atoms with Gasteiger partial charge in [-0.25, -0.2) is 4.68 Å². The van der Waals surface area contributed by atoms with Crippen LogP contribution < -0.4 is 5.32 Å². The third kappa shape index (κ3) is 3.67. The molecule has 2 heterocycles. The monoisotopic (exact) mass is 338 g/mol. The molecule has 0 fully saturated rings. The smallest absolute Gasteiger partial charge is 0.235 e. The van der Waals surface area contributed by atoms with E-state index in [2.05, 4.69) is 10.4 Å². The number of carbonyl (C=O) groups excluding carboxylic acids is 1. The van der Waals surface area contributed by atoms with Crippen LogP contribution in [0.5, 0.6) is 0 Å². The standard InChI is InChI=1S/C17H14N4O2S/c18-9-13-10-19-21(14-5-2-1-3-6-14)17(13)20-16(22)12-24-11-15-7-4-8-23-15/h1-8,10H,11-12H2,(H,20,22). The predicted octanol–water partition coefficient (Wildman–Crippen LogP) is 3.21. The van der Waals surface area contributed by atoms with Gasteiger partial charge in [0.05, 0.1) is 29.7 Å². The largest absolute Gasteiger partial charge is 0.468 e. The molecule has 0 bridgehead atoms. The number of para-hydroxylation sites is 1. The van der Waals surface area contributed by atoms with E-state index in [0.717, 1.165) is 11.4 Å². The van der Waals surface area contributed by atoms with Crippen LogP contribution in [0.1, 0.15) is 11.3 Å². The molecule has 0 saturated carbocycles. The molecule has 0 aliphatic rings. The minimum Gasteiger partial charge on any atom is -0.468 e. The Bertz CT molecular complexity index is 851. The summed E-state index contributed by atoms with van der Waals surface area (Å²) in [6.07, 6.45) is 3.05. The van der Waals surface area contributed by atoms with Gasteiger partial charge in [0, 0.05) is 0 Å². The molecule has 0 aliphatic carbocycles. The molecular formula is C17H14N4O2S. The highest BCUT2D eigenvalue weighted by molar-refractivity contribution is 7.99. The molecule has 0 aliphatic heterocycles. The first-order valence-corrected chi connectivity index (χ1v) is 8.37. The highest BCUT2D eigenvalue weighted by Crippen LogP contribution is 2.20. The van der Waals surface area contributed by atoms with Crippen LogP contribution in [0.4, 0.5) is 5.82 Å². The molecular weight excluding hydrogens is 324 g/mol. The van der Waals surface area contributed by atoms with E-state index in [9.17, 15) is 10.1 Å². The number of rotatable bonds is 6. The molecule has 1 aromatic carbocycles. The maximum absolute atomic E-state index is 12.2. The van der Waals surface area contributed by atoms with E-state index in [1.54, 1.807) is 10.9 Å². The van der Waals surface area contributed by atoms with Crippen LogP contribution in [0.2, 0.25) is 0 Å². The Labute approximate surface area is 143 Å². The fourth-order valence-electron chi connectivity index (χ4n) is 2.12. The average molecular weight is 338 g/mol. The molecule has 0 atom stereocenters. The molecule has 6 nitrogen and oxygen atoms in total. The fraction of sp³-hybridized carbons (Fsp3) is 0.118. The van der Waals surface area contributed by atoms with E-state index in [1.807, 2.05) is 48.5 Å². The minimum atomic E-state index is -0.194. The van der Waals surface area contributed by atoms with Gasteiger partial charge in [-0.05, 0) is 24.3 Å². The van der Waals surface area contributed by atoms with Crippen molar-refractivity contribution in [2.24, 2.45) is 0 Å². The van der Waals surface area contributed by atoms with Crippen molar-refractivity contribution in [1.29, 1.82) is 5.26 Å². The molecule has 24 heavy (non-hydrogen) atoms. The Morgan fingerprint density at radius 2 is 2.12 bits per heavy atom. The lowest BCUT2D eigenvalue weighted by molar-refractivity contribution is -0.113. The van der Waals surface area contributed by atoms with E-state index >= 15 is 0 Å². The van der Waals surface area contributed by atoms with E-state index in [1.165, 1.54) is 18.0 Å². The topological polar surface area (TPSA) is 83.9 Å². The molecule has 0 unspecified atom stereocenters. The van der Waals surface area contributed by atoms with Crippen LogP contribution >= 0.6 is 11.8 Å². The Kier molecular flexibility index (Phi) is 4.99. The summed E-state index contributed by atoms with van der Waals surface area (Å²) >= 11 is 1.44. The van der Waals surface area contributed by atoms with Gasteiger partial charge < -0.3 is 9.73 Å². The maximum Gasteiger partial charge on any atom is 0.235 e. The van der Waals surface area contributed by atoms with Crippen LogP contribution in [0.15, 0.2) is 59.3 Å². The van der Waals surface area contributed by atoms with Gasteiger partial charge in [0.25, 0.3) is 0 Å². The van der Waals surface area contributed by atoms with Crippen molar-refractivity contribution >= 4 is 23.5 Å². The number of furan rings is 1. The number of thioether (sulfide) groups is 1. The lowest BCUT2D eigenvalue weighted by Crippen LogP contribution is -2.17. The van der Waals surface area contributed by atoms with Gasteiger partial charge in [-0.15, -0.1) is 11.8 Å². The summed E-state index contributed by atoms with van der Waals surface area (Å²) in [7, 11) is 0. The second kappa shape index (κ2) is 7.53. The summed E-state index contributed by atoms with van der Waals surface area (Å²) in [5.74, 6) is 1.88. The van der Waals surface area contributed by atoms with Gasteiger partial charge in [-0.3, -0.25) is 4.79 Å². The third-order valence-electron chi connectivity index (χ3n) is 3.21. The maximum atomic E-state index is 12.2. The van der Waals surface area contributed by atoms with Gasteiger partial charge in [0.15, 0.2) is 5.82 Å². The Hall–Kier alpha value is -2.98. The van der Waals surface area contributed by atoms with Crippen LogP contribution in [-0.4, -0.2) is 21.4 Å². The van der Waals surface area contributed by atoms with Gasteiger partial charge >= 0.3 is 0 Å². The zero-order valence-electron chi connectivity index (χ0n) is 12.7. The molecule has 3 aromatic rings. The van der Waals surface area contributed by atoms with Gasteiger partial charge in [-0.2, -0.15) is 10.4 Å². The first-order chi connectivity index (χ1) is 11.8. The molecule has 7 heteroatoms. The first kappa shape index (κ1) is 15.9. The van der Waals surface area contributed by atoms with Crippen LogP contribution in [-0.2, 0) is 10.5 Å². The number of nitriles is 1. The fourth-order valence-corrected chi connectivity index (χ4v) is 2.85. The summed E-state index contributed by atoms with van der Waals surface area (Å²) in [5.41, 5.74) is 1.10. The lowest BCUT2D eigenvalue weighted by Gasteiger charge is -2.09. The number of benzene rings is 1. The summed E-state index contributed by atoms with van der Waals surface area (Å²) in [5, 5.41) is 16.2. The molecule has 0 saturated heterocycles. The number of amides is 1. The number of nitrogens with zero attached hydrogens (tertiary/aromatic N) is 3. The molecule has 1 amide bonds. The average Bonchev–Trinajstić information content (AvgIpc) is 3.25. The highest BCUT2D eigenvalue weighted by atomic mass is 32.2. The molecule has 3 rings (SSSR count). The Morgan fingerprint density at radius 3 is 2.83 bits per heavy atom. The van der Waals surface area contributed by atoms with Crippen LogP contribution in [0.3, 0.4) is 0 Å². The van der Waals surface area contributed by atoms with E-state index < -0.39 is 0 Å². The quantitative estimate of drug-likeness (QED) is 0.746. The van der Waals surface area contributed by atoms with Crippen LogP contribution in [0, 0.1) is 11.3 Å². The SMILES string of the molecule is N#Cc1cnn(-c2ccccc2)c1NC(=O)CSCc1ccco1. The van der Waals surface area contributed by atoms with Crippen molar-refractivity contribution in [2.75, 3.05) is 11.1 Å².